The highest BCUT2D eigenvalue weighted by atomic mass is 16.4. The van der Waals surface area contributed by atoms with Crippen molar-refractivity contribution in [3.63, 3.8) is 0 Å². The smallest absolute Gasteiger partial charge is 0.306 e. The molecule has 0 aromatic heterocycles. The van der Waals surface area contributed by atoms with Crippen molar-refractivity contribution in [2.45, 2.75) is 26.2 Å². The Morgan fingerprint density at radius 3 is 2.64 bits per heavy atom. The molecule has 1 saturated carbocycles. The zero-order valence-electron chi connectivity index (χ0n) is 6.84. The minimum Gasteiger partial charge on any atom is -0.481 e. The third-order valence-electron chi connectivity index (χ3n) is 2.73. The number of hydrogen-bond acceptors (Lipinski definition) is 1. The molecule has 0 aliphatic heterocycles. The van der Waals surface area contributed by atoms with E-state index in [2.05, 4.69) is 6.58 Å². The summed E-state index contributed by atoms with van der Waals surface area (Å²) < 4.78 is 0. The van der Waals surface area contributed by atoms with Gasteiger partial charge in [0.1, 0.15) is 0 Å². The van der Waals surface area contributed by atoms with Crippen LogP contribution in [0.1, 0.15) is 26.2 Å². The first-order chi connectivity index (χ1) is 5.12. The normalized spacial score (nSPS) is 22.3. The Morgan fingerprint density at radius 2 is 2.36 bits per heavy atom. The van der Waals surface area contributed by atoms with E-state index in [0.29, 0.717) is 0 Å². The highest BCUT2D eigenvalue weighted by Gasteiger charge is 2.48. The third kappa shape index (κ3) is 1.44. The van der Waals surface area contributed by atoms with Gasteiger partial charge in [0.05, 0.1) is 5.92 Å². The summed E-state index contributed by atoms with van der Waals surface area (Å²) >= 11 is 0. The first-order valence-electron chi connectivity index (χ1n) is 3.96. The first kappa shape index (κ1) is 8.31. The van der Waals surface area contributed by atoms with Crippen molar-refractivity contribution in [1.29, 1.82) is 0 Å². The van der Waals surface area contributed by atoms with Crippen LogP contribution in [-0.2, 0) is 4.79 Å². The van der Waals surface area contributed by atoms with Crippen LogP contribution in [0.15, 0.2) is 12.7 Å². The Kier molecular flexibility index (Phi) is 2.03. The molecule has 1 rings (SSSR count). The van der Waals surface area contributed by atoms with Gasteiger partial charge in [0.25, 0.3) is 0 Å². The van der Waals surface area contributed by atoms with E-state index in [1.54, 1.807) is 6.92 Å². The largest absolute Gasteiger partial charge is 0.481 e. The van der Waals surface area contributed by atoms with E-state index in [1.165, 1.54) is 0 Å². The summed E-state index contributed by atoms with van der Waals surface area (Å²) in [5.74, 6) is -0.884. The molecule has 0 spiro atoms. The fourth-order valence-corrected chi connectivity index (χ4v) is 1.52. The molecule has 1 atom stereocenters. The summed E-state index contributed by atoms with van der Waals surface area (Å²) in [6.45, 7) is 5.43. The van der Waals surface area contributed by atoms with E-state index in [0.717, 1.165) is 19.3 Å². The van der Waals surface area contributed by atoms with Crippen molar-refractivity contribution < 1.29 is 9.90 Å². The molecular formula is C9H14O2. The third-order valence-corrected chi connectivity index (χ3v) is 2.73. The van der Waals surface area contributed by atoms with Gasteiger partial charge in [0.15, 0.2) is 0 Å². The van der Waals surface area contributed by atoms with Crippen LogP contribution in [-0.4, -0.2) is 11.1 Å². The molecule has 62 valence electrons. The Labute approximate surface area is 66.9 Å². The molecule has 11 heavy (non-hydrogen) atoms. The van der Waals surface area contributed by atoms with Crippen molar-refractivity contribution in [2.24, 2.45) is 11.3 Å². The van der Waals surface area contributed by atoms with Gasteiger partial charge in [0.2, 0.25) is 0 Å². The molecular weight excluding hydrogens is 140 g/mol. The minimum absolute atomic E-state index is 0.0631. The molecule has 1 aliphatic rings. The molecule has 0 amide bonds. The van der Waals surface area contributed by atoms with Gasteiger partial charge in [-0.3, -0.25) is 4.79 Å². The summed E-state index contributed by atoms with van der Waals surface area (Å²) in [6.07, 6.45) is 4.77. The fourth-order valence-electron chi connectivity index (χ4n) is 1.52. The SMILES string of the molecule is C=CCC1(C(C)C(=O)O)CC1. The number of carboxylic acids is 1. The molecule has 1 aliphatic carbocycles. The maximum Gasteiger partial charge on any atom is 0.306 e. The zero-order chi connectivity index (χ0) is 8.48. The van der Waals surface area contributed by atoms with Crippen molar-refractivity contribution in [2.75, 3.05) is 0 Å². The van der Waals surface area contributed by atoms with Gasteiger partial charge >= 0.3 is 5.97 Å². The van der Waals surface area contributed by atoms with Crippen LogP contribution in [0.2, 0.25) is 0 Å². The van der Waals surface area contributed by atoms with Crippen molar-refractivity contribution in [3.8, 4) is 0 Å². The van der Waals surface area contributed by atoms with Gasteiger partial charge in [-0.05, 0) is 24.7 Å². The maximum atomic E-state index is 10.6. The Morgan fingerprint density at radius 1 is 1.82 bits per heavy atom. The van der Waals surface area contributed by atoms with Crippen LogP contribution in [0, 0.1) is 11.3 Å². The second kappa shape index (κ2) is 2.68. The number of carboxylic acid groups (broad SMARTS) is 1. The first-order valence-corrected chi connectivity index (χ1v) is 3.96. The van der Waals surface area contributed by atoms with E-state index in [-0.39, 0.29) is 11.3 Å². The average Bonchev–Trinajstić information content (AvgIpc) is 2.69. The maximum absolute atomic E-state index is 10.6. The van der Waals surface area contributed by atoms with Gasteiger partial charge in [-0.25, -0.2) is 0 Å². The van der Waals surface area contributed by atoms with Crippen molar-refractivity contribution >= 4 is 5.97 Å². The Balaban J connectivity index is 2.57. The summed E-state index contributed by atoms with van der Waals surface area (Å²) in [7, 11) is 0. The van der Waals surface area contributed by atoms with Crippen LogP contribution in [0.5, 0.6) is 0 Å². The number of hydrogen-bond donors (Lipinski definition) is 1. The van der Waals surface area contributed by atoms with Crippen LogP contribution in [0.3, 0.4) is 0 Å². The average molecular weight is 154 g/mol. The standard InChI is InChI=1S/C9H14O2/c1-3-4-9(5-6-9)7(2)8(10)11/h3,7H,1,4-6H2,2H3,(H,10,11). The van der Waals surface area contributed by atoms with E-state index in [9.17, 15) is 4.79 Å². The van der Waals surface area contributed by atoms with Crippen molar-refractivity contribution in [3.05, 3.63) is 12.7 Å². The van der Waals surface area contributed by atoms with Gasteiger partial charge in [-0.15, -0.1) is 6.58 Å². The molecule has 0 bridgehead atoms. The highest BCUT2D eigenvalue weighted by molar-refractivity contribution is 5.71. The lowest BCUT2D eigenvalue weighted by Gasteiger charge is -2.16. The monoisotopic (exact) mass is 154 g/mol. The molecule has 1 unspecified atom stereocenters. The second-order valence-corrected chi connectivity index (χ2v) is 3.42. The molecule has 2 nitrogen and oxygen atoms in total. The topological polar surface area (TPSA) is 37.3 Å². The molecule has 1 N–H and O–H groups in total. The van der Waals surface area contributed by atoms with Crippen molar-refractivity contribution in [1.82, 2.24) is 0 Å². The predicted molar refractivity (Wildman–Crippen MR) is 43.3 cm³/mol. The molecule has 0 radical (unpaired) electrons. The highest BCUT2D eigenvalue weighted by Crippen LogP contribution is 2.54. The number of allylic oxidation sites excluding steroid dienone is 1. The van der Waals surface area contributed by atoms with Gasteiger partial charge in [-0.1, -0.05) is 13.0 Å². The molecule has 0 heterocycles. The quantitative estimate of drug-likeness (QED) is 0.629. The van der Waals surface area contributed by atoms with Gasteiger partial charge in [0, 0.05) is 0 Å². The number of rotatable bonds is 4. The number of carbonyl (C=O) groups is 1. The lowest BCUT2D eigenvalue weighted by Crippen LogP contribution is -2.21. The van der Waals surface area contributed by atoms with Crippen LogP contribution in [0.4, 0.5) is 0 Å². The molecule has 2 heteroatoms. The van der Waals surface area contributed by atoms with Crippen LogP contribution in [0.25, 0.3) is 0 Å². The van der Waals surface area contributed by atoms with E-state index >= 15 is 0 Å². The van der Waals surface area contributed by atoms with Gasteiger partial charge < -0.3 is 5.11 Å². The summed E-state index contributed by atoms with van der Waals surface area (Å²) in [5.41, 5.74) is 0.0631. The number of aliphatic carboxylic acids is 1. The molecule has 0 aromatic carbocycles. The molecule has 1 fully saturated rings. The second-order valence-electron chi connectivity index (χ2n) is 3.42. The van der Waals surface area contributed by atoms with E-state index in [1.807, 2.05) is 6.08 Å². The molecule has 0 saturated heterocycles. The lowest BCUT2D eigenvalue weighted by molar-refractivity contribution is -0.143. The van der Waals surface area contributed by atoms with E-state index < -0.39 is 5.97 Å². The van der Waals surface area contributed by atoms with Gasteiger partial charge in [-0.2, -0.15) is 0 Å². The minimum atomic E-state index is -0.677. The zero-order valence-corrected chi connectivity index (χ0v) is 6.84. The summed E-state index contributed by atoms with van der Waals surface area (Å²) in [5, 5.41) is 8.75. The fraction of sp³-hybridized carbons (Fsp3) is 0.667. The Hall–Kier alpha value is -0.790. The van der Waals surface area contributed by atoms with Crippen LogP contribution < -0.4 is 0 Å². The summed E-state index contributed by atoms with van der Waals surface area (Å²) in [6, 6.07) is 0. The van der Waals surface area contributed by atoms with E-state index in [4.69, 9.17) is 5.11 Å². The van der Waals surface area contributed by atoms with Crippen LogP contribution >= 0.6 is 0 Å². The summed E-state index contributed by atoms with van der Waals surface area (Å²) in [4.78, 5) is 10.6. The molecule has 0 aromatic rings. The lowest BCUT2D eigenvalue weighted by atomic mass is 9.88. The predicted octanol–water partition coefficient (Wildman–Crippen LogP) is 2.06. The Bertz CT molecular complexity index is 180.